The van der Waals surface area contributed by atoms with E-state index in [0.29, 0.717) is 35.1 Å². The van der Waals surface area contributed by atoms with Gasteiger partial charge in [-0.15, -0.1) is 0 Å². The van der Waals surface area contributed by atoms with Crippen molar-refractivity contribution < 1.29 is 24.5 Å². The van der Waals surface area contributed by atoms with Gasteiger partial charge in [0.25, 0.3) is 11.7 Å². The molecule has 180 valence electrons. The number of ether oxygens (including phenoxy) is 1. The van der Waals surface area contributed by atoms with Crippen LogP contribution < -0.4 is 9.64 Å². The lowest BCUT2D eigenvalue weighted by atomic mass is 9.94. The van der Waals surface area contributed by atoms with E-state index in [9.17, 15) is 19.8 Å². The second-order valence-electron chi connectivity index (χ2n) is 9.26. The third kappa shape index (κ3) is 4.78. The summed E-state index contributed by atoms with van der Waals surface area (Å²) in [5.41, 5.74) is 3.42. The van der Waals surface area contributed by atoms with E-state index in [1.165, 1.54) is 17.0 Å². The molecule has 35 heavy (non-hydrogen) atoms. The Kier molecular flexibility index (Phi) is 6.65. The third-order valence-electron chi connectivity index (χ3n) is 6.11. The fraction of sp³-hybridized carbons (Fsp3) is 0.241. The summed E-state index contributed by atoms with van der Waals surface area (Å²) in [4.78, 5) is 27.9. The zero-order valence-electron chi connectivity index (χ0n) is 20.3. The van der Waals surface area contributed by atoms with Gasteiger partial charge in [0, 0.05) is 11.3 Å². The molecule has 0 saturated carbocycles. The van der Waals surface area contributed by atoms with Crippen LogP contribution in [0.4, 0.5) is 5.69 Å². The number of benzene rings is 3. The predicted molar refractivity (Wildman–Crippen MR) is 136 cm³/mol. The maximum absolute atomic E-state index is 13.3. The first kappa shape index (κ1) is 24.1. The number of carbonyl (C=O) groups excluding carboxylic acids is 2. The predicted octanol–water partition coefficient (Wildman–Crippen LogP) is 5.67. The molecule has 0 bridgehead atoms. The molecule has 1 aliphatic rings. The summed E-state index contributed by atoms with van der Waals surface area (Å²) in [6.45, 7) is 8.54. The van der Waals surface area contributed by atoms with Crippen molar-refractivity contribution in [3.63, 3.8) is 0 Å². The van der Waals surface area contributed by atoms with Crippen LogP contribution in [0.25, 0.3) is 5.76 Å². The standard InChI is InChI=1S/C29H29NO5/c1-17(2)16-35-24-12-10-22(11-13-24)30-26(20-6-5-7-23(31)15-20)25(28(33)29(30)34)27(32)21-9-8-18(3)19(4)14-21/h5-15,17,26,31-32H,16H2,1-4H3/b27-25-. The molecule has 0 radical (unpaired) electrons. The number of hydrogen-bond donors (Lipinski definition) is 2. The highest BCUT2D eigenvalue weighted by Gasteiger charge is 2.47. The molecule has 1 saturated heterocycles. The lowest BCUT2D eigenvalue weighted by Gasteiger charge is -2.25. The first-order chi connectivity index (χ1) is 16.7. The van der Waals surface area contributed by atoms with Gasteiger partial charge in [-0.1, -0.05) is 38.1 Å². The number of ketones is 1. The van der Waals surface area contributed by atoms with Gasteiger partial charge in [-0.25, -0.2) is 0 Å². The molecule has 0 aliphatic carbocycles. The highest BCUT2D eigenvalue weighted by atomic mass is 16.5. The van der Waals surface area contributed by atoms with Crippen LogP contribution in [0.1, 0.15) is 42.1 Å². The van der Waals surface area contributed by atoms with Crippen LogP contribution in [0, 0.1) is 19.8 Å². The van der Waals surface area contributed by atoms with Crippen LogP contribution >= 0.6 is 0 Å². The minimum Gasteiger partial charge on any atom is -0.508 e. The van der Waals surface area contributed by atoms with E-state index in [0.717, 1.165) is 11.1 Å². The monoisotopic (exact) mass is 471 g/mol. The molecule has 4 rings (SSSR count). The smallest absolute Gasteiger partial charge is 0.300 e. The summed E-state index contributed by atoms with van der Waals surface area (Å²) in [5, 5.41) is 21.4. The third-order valence-corrected chi connectivity index (χ3v) is 6.11. The fourth-order valence-corrected chi connectivity index (χ4v) is 4.12. The molecule has 1 amide bonds. The Morgan fingerprint density at radius 3 is 2.31 bits per heavy atom. The molecule has 6 heteroatoms. The van der Waals surface area contributed by atoms with E-state index in [4.69, 9.17) is 4.74 Å². The van der Waals surface area contributed by atoms with Crippen molar-refractivity contribution in [2.24, 2.45) is 5.92 Å². The highest BCUT2D eigenvalue weighted by Crippen LogP contribution is 2.43. The minimum atomic E-state index is -0.911. The minimum absolute atomic E-state index is 0.00305. The molecule has 1 unspecified atom stereocenters. The number of amides is 1. The number of carbonyl (C=O) groups is 2. The summed E-state index contributed by atoms with van der Waals surface area (Å²) in [6, 6.07) is 17.8. The maximum atomic E-state index is 13.3. The average molecular weight is 472 g/mol. The van der Waals surface area contributed by atoms with Crippen molar-refractivity contribution in [3.05, 3.63) is 94.6 Å². The number of aromatic hydroxyl groups is 1. The van der Waals surface area contributed by atoms with Crippen LogP contribution in [-0.4, -0.2) is 28.5 Å². The molecule has 1 heterocycles. The van der Waals surface area contributed by atoms with Gasteiger partial charge in [0.15, 0.2) is 0 Å². The summed E-state index contributed by atoms with van der Waals surface area (Å²) < 4.78 is 5.75. The second-order valence-corrected chi connectivity index (χ2v) is 9.26. The average Bonchev–Trinajstić information content (AvgIpc) is 3.10. The topological polar surface area (TPSA) is 87.1 Å². The number of aliphatic hydroxyl groups is 1. The Balaban J connectivity index is 1.84. The van der Waals surface area contributed by atoms with E-state index in [1.54, 1.807) is 48.5 Å². The first-order valence-electron chi connectivity index (χ1n) is 11.6. The lowest BCUT2D eigenvalue weighted by molar-refractivity contribution is -0.132. The molecular formula is C29H29NO5. The molecule has 1 atom stereocenters. The van der Waals surface area contributed by atoms with Crippen molar-refractivity contribution in [2.45, 2.75) is 33.7 Å². The number of hydrogen-bond acceptors (Lipinski definition) is 5. The van der Waals surface area contributed by atoms with E-state index in [-0.39, 0.29) is 17.1 Å². The molecule has 6 nitrogen and oxygen atoms in total. The Morgan fingerprint density at radius 1 is 0.971 bits per heavy atom. The molecule has 0 spiro atoms. The fourth-order valence-electron chi connectivity index (χ4n) is 4.12. The van der Waals surface area contributed by atoms with Gasteiger partial charge in [-0.3, -0.25) is 14.5 Å². The lowest BCUT2D eigenvalue weighted by Crippen LogP contribution is -2.29. The maximum Gasteiger partial charge on any atom is 0.300 e. The number of aryl methyl sites for hydroxylation is 2. The summed E-state index contributed by atoms with van der Waals surface area (Å²) in [7, 11) is 0. The van der Waals surface area contributed by atoms with Gasteiger partial charge >= 0.3 is 0 Å². The Hall–Kier alpha value is -4.06. The van der Waals surface area contributed by atoms with Crippen LogP contribution in [0.2, 0.25) is 0 Å². The van der Waals surface area contributed by atoms with Gasteiger partial charge < -0.3 is 14.9 Å². The molecular weight excluding hydrogens is 442 g/mol. The van der Waals surface area contributed by atoms with Crippen LogP contribution in [0.3, 0.4) is 0 Å². The SMILES string of the molecule is Cc1ccc(/C(O)=C2/C(=O)C(=O)N(c3ccc(OCC(C)C)cc3)C2c2cccc(O)c2)cc1C. The van der Waals surface area contributed by atoms with Crippen molar-refractivity contribution in [2.75, 3.05) is 11.5 Å². The van der Waals surface area contributed by atoms with E-state index < -0.39 is 17.7 Å². The largest absolute Gasteiger partial charge is 0.508 e. The number of nitrogens with zero attached hydrogens (tertiary/aromatic N) is 1. The number of phenols is 1. The molecule has 1 fully saturated rings. The molecule has 3 aromatic carbocycles. The number of aliphatic hydroxyl groups excluding tert-OH is 1. The molecule has 3 aromatic rings. The van der Waals surface area contributed by atoms with E-state index >= 15 is 0 Å². The highest BCUT2D eigenvalue weighted by molar-refractivity contribution is 6.51. The zero-order valence-corrected chi connectivity index (χ0v) is 20.3. The number of Topliss-reactive ketones (excluding diaryl/α,β-unsaturated/α-hetero) is 1. The van der Waals surface area contributed by atoms with Gasteiger partial charge in [0.1, 0.15) is 17.3 Å². The first-order valence-corrected chi connectivity index (χ1v) is 11.6. The molecule has 0 aromatic heterocycles. The Morgan fingerprint density at radius 2 is 1.69 bits per heavy atom. The van der Waals surface area contributed by atoms with Crippen LogP contribution in [-0.2, 0) is 9.59 Å². The Labute approximate surface area is 205 Å². The van der Waals surface area contributed by atoms with Gasteiger partial charge in [0.2, 0.25) is 0 Å². The summed E-state index contributed by atoms with van der Waals surface area (Å²) >= 11 is 0. The van der Waals surface area contributed by atoms with Gasteiger partial charge in [0.05, 0.1) is 18.2 Å². The molecule has 1 aliphatic heterocycles. The van der Waals surface area contributed by atoms with E-state index in [1.807, 2.05) is 19.9 Å². The Bertz CT molecular complexity index is 1310. The summed E-state index contributed by atoms with van der Waals surface area (Å²) in [6.07, 6.45) is 0. The van der Waals surface area contributed by atoms with Gasteiger partial charge in [-0.05, 0) is 78.9 Å². The van der Waals surface area contributed by atoms with Crippen LogP contribution in [0.15, 0.2) is 72.3 Å². The van der Waals surface area contributed by atoms with Crippen molar-refractivity contribution in [1.29, 1.82) is 0 Å². The van der Waals surface area contributed by atoms with Crippen molar-refractivity contribution >= 4 is 23.1 Å². The quantitative estimate of drug-likeness (QED) is 0.275. The second kappa shape index (κ2) is 9.66. The molecule has 2 N–H and O–H groups in total. The van der Waals surface area contributed by atoms with E-state index in [2.05, 4.69) is 13.8 Å². The van der Waals surface area contributed by atoms with Crippen molar-refractivity contribution in [3.8, 4) is 11.5 Å². The number of phenolic OH excluding ortho intramolecular Hbond substituents is 1. The zero-order chi connectivity index (χ0) is 25.3. The van der Waals surface area contributed by atoms with Crippen LogP contribution in [0.5, 0.6) is 11.5 Å². The summed E-state index contributed by atoms with van der Waals surface area (Å²) in [5.74, 6) is -0.767. The number of anilines is 1. The van der Waals surface area contributed by atoms with Crippen molar-refractivity contribution in [1.82, 2.24) is 0 Å². The van der Waals surface area contributed by atoms with Gasteiger partial charge in [-0.2, -0.15) is 0 Å². The normalized spacial score (nSPS) is 17.3. The number of rotatable bonds is 6.